The Bertz CT molecular complexity index is 654. The van der Waals surface area contributed by atoms with E-state index in [2.05, 4.69) is 36.7 Å². The molecule has 0 bridgehead atoms. The van der Waals surface area contributed by atoms with Crippen molar-refractivity contribution >= 4 is 16.9 Å². The Kier molecular flexibility index (Phi) is 2.85. The number of carbonyl (C=O) groups is 1. The summed E-state index contributed by atoms with van der Waals surface area (Å²) in [6.45, 7) is 2.17. The summed E-state index contributed by atoms with van der Waals surface area (Å²) in [7, 11) is 2.11. The molecular weight excluding hydrogens is 238 g/mol. The molecule has 3 heteroatoms. The quantitative estimate of drug-likeness (QED) is 0.898. The van der Waals surface area contributed by atoms with Crippen molar-refractivity contribution in [2.24, 2.45) is 13.0 Å². The van der Waals surface area contributed by atoms with Gasteiger partial charge in [0.15, 0.2) is 0 Å². The van der Waals surface area contributed by atoms with Gasteiger partial charge in [-0.15, -0.1) is 0 Å². The molecule has 0 amide bonds. The molecule has 1 N–H and O–H groups in total. The van der Waals surface area contributed by atoms with Gasteiger partial charge >= 0.3 is 5.97 Å². The lowest BCUT2D eigenvalue weighted by Crippen LogP contribution is -2.22. The summed E-state index contributed by atoms with van der Waals surface area (Å²) in [6, 6.07) is 6.39. The van der Waals surface area contributed by atoms with E-state index in [0.717, 1.165) is 19.3 Å². The normalized spacial score (nSPS) is 18.5. The molecule has 1 heterocycles. The molecule has 0 fully saturated rings. The summed E-state index contributed by atoms with van der Waals surface area (Å²) in [5.74, 6) is -0.877. The fourth-order valence-corrected chi connectivity index (χ4v) is 3.43. The van der Waals surface area contributed by atoms with E-state index in [1.807, 2.05) is 0 Å². The van der Waals surface area contributed by atoms with E-state index in [-0.39, 0.29) is 5.92 Å². The highest BCUT2D eigenvalue weighted by atomic mass is 16.4. The number of hydrogen-bond acceptors (Lipinski definition) is 1. The number of carboxylic acid groups (broad SMARTS) is 1. The van der Waals surface area contributed by atoms with Gasteiger partial charge in [-0.25, -0.2) is 0 Å². The largest absolute Gasteiger partial charge is 0.481 e. The fraction of sp³-hybridized carbons (Fsp3) is 0.438. The number of benzene rings is 1. The standard InChI is InChI=1S/C16H19NO2/c1-3-10-5-4-6-12-13-9-11(16(18)19)7-8-14(13)17(2)15(10)12/h4-6,11H,3,7-9H2,1-2H3,(H,18,19). The van der Waals surface area contributed by atoms with Gasteiger partial charge in [0.2, 0.25) is 0 Å². The van der Waals surface area contributed by atoms with E-state index in [0.29, 0.717) is 6.42 Å². The Balaban J connectivity index is 2.22. The maximum Gasteiger partial charge on any atom is 0.306 e. The van der Waals surface area contributed by atoms with Crippen LogP contribution in [0.25, 0.3) is 10.9 Å². The lowest BCUT2D eigenvalue weighted by Gasteiger charge is -2.19. The molecule has 3 nitrogen and oxygen atoms in total. The van der Waals surface area contributed by atoms with Crippen molar-refractivity contribution in [2.75, 3.05) is 0 Å². The minimum absolute atomic E-state index is 0.219. The molecule has 1 aromatic heterocycles. The summed E-state index contributed by atoms with van der Waals surface area (Å²) < 4.78 is 2.28. The monoisotopic (exact) mass is 257 g/mol. The van der Waals surface area contributed by atoms with Crippen LogP contribution in [0.1, 0.15) is 30.2 Å². The summed E-state index contributed by atoms with van der Waals surface area (Å²) in [6.07, 6.45) is 3.32. The number of aromatic nitrogens is 1. The fourth-order valence-electron chi connectivity index (χ4n) is 3.43. The topological polar surface area (TPSA) is 42.2 Å². The van der Waals surface area contributed by atoms with Crippen LogP contribution in [-0.4, -0.2) is 15.6 Å². The van der Waals surface area contributed by atoms with Crippen LogP contribution in [0.2, 0.25) is 0 Å². The Morgan fingerprint density at radius 2 is 2.26 bits per heavy atom. The highest BCUT2D eigenvalue weighted by Gasteiger charge is 2.28. The molecule has 0 spiro atoms. The minimum Gasteiger partial charge on any atom is -0.481 e. The Morgan fingerprint density at radius 3 is 2.95 bits per heavy atom. The smallest absolute Gasteiger partial charge is 0.306 e. The minimum atomic E-state index is -0.658. The third-order valence-corrected chi connectivity index (χ3v) is 4.44. The van der Waals surface area contributed by atoms with Crippen molar-refractivity contribution in [3.63, 3.8) is 0 Å². The van der Waals surface area contributed by atoms with Crippen LogP contribution < -0.4 is 0 Å². The second kappa shape index (κ2) is 4.41. The molecule has 3 rings (SSSR count). The molecule has 1 unspecified atom stereocenters. The molecule has 100 valence electrons. The lowest BCUT2D eigenvalue weighted by molar-refractivity contribution is -0.142. The summed E-state index contributed by atoms with van der Waals surface area (Å²) >= 11 is 0. The predicted octanol–water partition coefficient (Wildman–Crippen LogP) is 2.93. The highest BCUT2D eigenvalue weighted by Crippen LogP contribution is 2.35. The molecule has 1 aliphatic rings. The van der Waals surface area contributed by atoms with Gasteiger partial charge in [0.25, 0.3) is 0 Å². The second-order valence-corrected chi connectivity index (χ2v) is 5.43. The van der Waals surface area contributed by atoms with Gasteiger partial charge < -0.3 is 9.67 Å². The van der Waals surface area contributed by atoms with Crippen LogP contribution in [0, 0.1) is 5.92 Å². The first-order valence-electron chi connectivity index (χ1n) is 6.94. The van der Waals surface area contributed by atoms with E-state index < -0.39 is 5.97 Å². The van der Waals surface area contributed by atoms with Gasteiger partial charge in [-0.1, -0.05) is 25.1 Å². The number of fused-ring (bicyclic) bond motifs is 3. The van der Waals surface area contributed by atoms with Crippen LogP contribution in [0.4, 0.5) is 0 Å². The first-order valence-corrected chi connectivity index (χ1v) is 6.94. The SMILES string of the molecule is CCc1cccc2c3c(n(C)c12)CCC(C(=O)O)C3. The molecule has 0 radical (unpaired) electrons. The number of aryl methyl sites for hydroxylation is 2. The molecule has 0 saturated heterocycles. The predicted molar refractivity (Wildman–Crippen MR) is 75.4 cm³/mol. The number of rotatable bonds is 2. The Hall–Kier alpha value is -1.77. The van der Waals surface area contributed by atoms with Crippen LogP contribution in [0.5, 0.6) is 0 Å². The van der Waals surface area contributed by atoms with Crippen molar-refractivity contribution in [3.8, 4) is 0 Å². The number of carboxylic acids is 1. The van der Waals surface area contributed by atoms with Crippen LogP contribution >= 0.6 is 0 Å². The maximum atomic E-state index is 11.2. The van der Waals surface area contributed by atoms with Gasteiger partial charge in [0.1, 0.15) is 0 Å². The summed E-state index contributed by atoms with van der Waals surface area (Å²) in [5, 5.41) is 10.5. The summed E-state index contributed by atoms with van der Waals surface area (Å²) in [4.78, 5) is 11.2. The van der Waals surface area contributed by atoms with Gasteiger partial charge in [0, 0.05) is 18.1 Å². The van der Waals surface area contributed by atoms with E-state index in [1.165, 1.54) is 27.7 Å². The highest BCUT2D eigenvalue weighted by molar-refractivity contribution is 5.89. The number of hydrogen-bond donors (Lipinski definition) is 1. The van der Waals surface area contributed by atoms with Crippen LogP contribution in [0.3, 0.4) is 0 Å². The van der Waals surface area contributed by atoms with E-state index in [9.17, 15) is 9.90 Å². The van der Waals surface area contributed by atoms with Crippen LogP contribution in [-0.2, 0) is 31.1 Å². The number of nitrogens with zero attached hydrogens (tertiary/aromatic N) is 1. The number of aliphatic carboxylic acids is 1. The first-order chi connectivity index (χ1) is 9.13. The number of para-hydroxylation sites is 1. The van der Waals surface area contributed by atoms with Crippen molar-refractivity contribution in [2.45, 2.75) is 32.6 Å². The average molecular weight is 257 g/mol. The molecule has 1 aromatic carbocycles. The third-order valence-electron chi connectivity index (χ3n) is 4.44. The molecule has 0 aliphatic heterocycles. The van der Waals surface area contributed by atoms with Crippen molar-refractivity contribution < 1.29 is 9.90 Å². The second-order valence-electron chi connectivity index (χ2n) is 5.43. The van der Waals surface area contributed by atoms with E-state index in [1.54, 1.807) is 0 Å². The van der Waals surface area contributed by atoms with E-state index in [4.69, 9.17) is 0 Å². The van der Waals surface area contributed by atoms with Gasteiger partial charge in [-0.2, -0.15) is 0 Å². The zero-order chi connectivity index (χ0) is 13.6. The van der Waals surface area contributed by atoms with Crippen LogP contribution in [0.15, 0.2) is 18.2 Å². The first kappa shape index (κ1) is 12.3. The molecule has 1 aliphatic carbocycles. The lowest BCUT2D eigenvalue weighted by atomic mass is 9.86. The zero-order valence-corrected chi connectivity index (χ0v) is 11.4. The zero-order valence-electron chi connectivity index (χ0n) is 11.4. The van der Waals surface area contributed by atoms with Gasteiger partial charge in [-0.05, 0) is 36.8 Å². The van der Waals surface area contributed by atoms with Gasteiger partial charge in [-0.3, -0.25) is 4.79 Å². The summed E-state index contributed by atoms with van der Waals surface area (Å²) in [5.41, 5.74) is 5.22. The van der Waals surface area contributed by atoms with E-state index >= 15 is 0 Å². The average Bonchev–Trinajstić information content (AvgIpc) is 2.72. The Morgan fingerprint density at radius 1 is 1.47 bits per heavy atom. The third kappa shape index (κ3) is 1.76. The molecule has 19 heavy (non-hydrogen) atoms. The Labute approximate surface area is 112 Å². The van der Waals surface area contributed by atoms with Gasteiger partial charge in [0.05, 0.1) is 11.4 Å². The molecular formula is C16H19NO2. The molecule has 2 aromatic rings. The van der Waals surface area contributed by atoms with Crippen molar-refractivity contribution in [1.82, 2.24) is 4.57 Å². The molecule has 0 saturated carbocycles. The van der Waals surface area contributed by atoms with Crippen molar-refractivity contribution in [1.29, 1.82) is 0 Å². The van der Waals surface area contributed by atoms with Crippen molar-refractivity contribution in [3.05, 3.63) is 35.0 Å². The molecule has 1 atom stereocenters. The maximum absolute atomic E-state index is 11.2.